The largest absolute Gasteiger partial charge is 0.394 e. The van der Waals surface area contributed by atoms with Gasteiger partial charge in [-0.2, -0.15) is 5.26 Å². The van der Waals surface area contributed by atoms with E-state index in [4.69, 9.17) is 16.9 Å². The van der Waals surface area contributed by atoms with Crippen LogP contribution in [0.15, 0.2) is 24.3 Å². The van der Waals surface area contributed by atoms with Crippen molar-refractivity contribution in [3.05, 3.63) is 29.3 Å². The van der Waals surface area contributed by atoms with E-state index in [9.17, 15) is 9.90 Å². The number of amides is 1. The zero-order chi connectivity index (χ0) is 16.7. The molecule has 1 aliphatic carbocycles. The van der Waals surface area contributed by atoms with Gasteiger partial charge in [0.25, 0.3) is 0 Å². The molecular weight excluding hydrogens is 314 g/mol. The molecule has 0 bridgehead atoms. The average molecular weight is 336 g/mol. The molecule has 0 unspecified atom stereocenters. The number of rotatable bonds is 7. The van der Waals surface area contributed by atoms with E-state index in [1.54, 1.807) is 29.2 Å². The molecule has 5 nitrogen and oxygen atoms in total. The number of nitrogens with zero attached hydrogens (tertiary/aromatic N) is 2. The Bertz CT molecular complexity index is 579. The Morgan fingerprint density at radius 2 is 2.17 bits per heavy atom. The zero-order valence-corrected chi connectivity index (χ0v) is 13.9. The second-order valence-electron chi connectivity index (χ2n) is 5.93. The third kappa shape index (κ3) is 4.68. The molecule has 124 valence electrons. The van der Waals surface area contributed by atoms with Gasteiger partial charge in [-0.05, 0) is 31.0 Å². The highest BCUT2D eigenvalue weighted by Crippen LogP contribution is 2.29. The van der Waals surface area contributed by atoms with Gasteiger partial charge in [-0.25, -0.2) is 0 Å². The van der Waals surface area contributed by atoms with Crippen molar-refractivity contribution in [2.45, 2.75) is 37.6 Å². The van der Waals surface area contributed by atoms with Gasteiger partial charge in [0, 0.05) is 22.8 Å². The maximum Gasteiger partial charge on any atom is 0.240 e. The Labute approximate surface area is 141 Å². The number of hydrogen-bond donors (Lipinski definition) is 2. The van der Waals surface area contributed by atoms with Gasteiger partial charge in [0.1, 0.15) is 0 Å². The molecule has 1 fully saturated rings. The minimum absolute atomic E-state index is 0.0373. The first kappa shape index (κ1) is 17.7. The fourth-order valence-corrected chi connectivity index (χ4v) is 3.19. The quantitative estimate of drug-likeness (QED) is 0.802. The number of carbonyl (C=O) groups is 1. The number of anilines is 1. The monoisotopic (exact) mass is 335 g/mol. The van der Waals surface area contributed by atoms with Crippen LogP contribution in [-0.4, -0.2) is 36.2 Å². The molecule has 0 aromatic heterocycles. The minimum atomic E-state index is -0.342. The van der Waals surface area contributed by atoms with Gasteiger partial charge in [-0.1, -0.05) is 30.5 Å². The van der Waals surface area contributed by atoms with Crippen LogP contribution in [0.25, 0.3) is 0 Å². The summed E-state index contributed by atoms with van der Waals surface area (Å²) >= 11 is 6.00. The van der Waals surface area contributed by atoms with Gasteiger partial charge < -0.3 is 15.3 Å². The van der Waals surface area contributed by atoms with Crippen LogP contribution in [0.3, 0.4) is 0 Å². The molecular formula is C17H22ClN3O2. The number of nitrogens with one attached hydrogen (secondary N) is 1. The number of aliphatic hydroxyl groups is 1. The third-order valence-electron chi connectivity index (χ3n) is 4.35. The predicted octanol–water partition coefficient (Wildman–Crippen LogP) is 2.48. The van der Waals surface area contributed by atoms with Crippen molar-refractivity contribution in [2.75, 3.05) is 24.6 Å². The molecule has 0 saturated heterocycles. The first-order valence-corrected chi connectivity index (χ1v) is 8.27. The van der Waals surface area contributed by atoms with Crippen LogP contribution >= 0.6 is 11.6 Å². The fraction of sp³-hybridized carbons (Fsp3) is 0.529. The van der Waals surface area contributed by atoms with Gasteiger partial charge in [0.2, 0.25) is 5.91 Å². The smallest absolute Gasteiger partial charge is 0.240 e. The second kappa shape index (κ2) is 8.30. The van der Waals surface area contributed by atoms with Crippen LogP contribution in [0.2, 0.25) is 5.02 Å². The lowest BCUT2D eigenvalue weighted by molar-refractivity contribution is -0.118. The van der Waals surface area contributed by atoms with E-state index in [2.05, 4.69) is 11.4 Å². The highest BCUT2D eigenvalue weighted by atomic mass is 35.5. The lowest BCUT2D eigenvalue weighted by atomic mass is 9.99. The Morgan fingerprint density at radius 1 is 1.43 bits per heavy atom. The summed E-state index contributed by atoms with van der Waals surface area (Å²) in [6, 6.07) is 9.11. The van der Waals surface area contributed by atoms with Crippen LogP contribution in [0.5, 0.6) is 0 Å². The summed E-state index contributed by atoms with van der Waals surface area (Å²) in [7, 11) is 0. The summed E-state index contributed by atoms with van der Waals surface area (Å²) < 4.78 is 0. The van der Waals surface area contributed by atoms with Gasteiger partial charge in [0.15, 0.2) is 0 Å². The van der Waals surface area contributed by atoms with E-state index < -0.39 is 0 Å². The fourth-order valence-electron chi connectivity index (χ4n) is 3.00. The SMILES string of the molecule is N#CCCN(C(=O)CNC1(CO)CCCC1)c1cccc(Cl)c1. The van der Waals surface area contributed by atoms with E-state index in [0.717, 1.165) is 25.7 Å². The van der Waals surface area contributed by atoms with E-state index in [1.165, 1.54) is 0 Å². The van der Waals surface area contributed by atoms with Crippen molar-refractivity contribution in [2.24, 2.45) is 0 Å². The molecule has 23 heavy (non-hydrogen) atoms. The van der Waals surface area contributed by atoms with E-state index >= 15 is 0 Å². The molecule has 0 spiro atoms. The molecule has 0 atom stereocenters. The van der Waals surface area contributed by atoms with E-state index in [1.807, 2.05) is 0 Å². The van der Waals surface area contributed by atoms with Crippen LogP contribution in [0.1, 0.15) is 32.1 Å². The Hall–Kier alpha value is -1.61. The van der Waals surface area contributed by atoms with E-state index in [0.29, 0.717) is 17.3 Å². The van der Waals surface area contributed by atoms with Crippen molar-refractivity contribution >= 4 is 23.2 Å². The highest BCUT2D eigenvalue weighted by molar-refractivity contribution is 6.30. The van der Waals surface area contributed by atoms with Crippen molar-refractivity contribution < 1.29 is 9.90 Å². The standard InChI is InChI=1S/C17H22ClN3O2/c18-14-5-3-6-15(11-14)21(10-4-9-19)16(23)12-20-17(13-22)7-1-2-8-17/h3,5-6,11,20,22H,1-2,4,7-8,10,12-13H2. The molecule has 2 N–H and O–H groups in total. The molecule has 1 aliphatic rings. The molecule has 0 heterocycles. The summed E-state index contributed by atoms with van der Waals surface area (Å²) in [5.74, 6) is -0.123. The number of aliphatic hydroxyl groups excluding tert-OH is 1. The van der Waals surface area contributed by atoms with Gasteiger partial charge >= 0.3 is 0 Å². The minimum Gasteiger partial charge on any atom is -0.394 e. The maximum atomic E-state index is 12.6. The normalized spacial score (nSPS) is 16.0. The molecule has 1 aromatic carbocycles. The maximum absolute atomic E-state index is 12.6. The first-order valence-electron chi connectivity index (χ1n) is 7.89. The number of carbonyl (C=O) groups excluding carboxylic acids is 1. The predicted molar refractivity (Wildman–Crippen MR) is 90.3 cm³/mol. The average Bonchev–Trinajstić information content (AvgIpc) is 3.03. The Morgan fingerprint density at radius 3 is 2.78 bits per heavy atom. The summed E-state index contributed by atoms with van der Waals surface area (Å²) in [5.41, 5.74) is 0.342. The number of benzene rings is 1. The first-order chi connectivity index (χ1) is 11.1. The summed E-state index contributed by atoms with van der Waals surface area (Å²) in [6.45, 7) is 0.498. The van der Waals surface area contributed by atoms with Gasteiger partial charge in [0.05, 0.1) is 25.6 Å². The molecule has 1 saturated carbocycles. The zero-order valence-electron chi connectivity index (χ0n) is 13.1. The Kier molecular flexibility index (Phi) is 6.40. The highest BCUT2D eigenvalue weighted by Gasteiger charge is 2.33. The van der Waals surface area contributed by atoms with Crippen molar-refractivity contribution in [1.82, 2.24) is 5.32 Å². The lowest BCUT2D eigenvalue weighted by Gasteiger charge is -2.30. The van der Waals surface area contributed by atoms with Crippen LogP contribution in [0, 0.1) is 11.3 Å². The molecule has 0 radical (unpaired) electrons. The number of hydrogen-bond acceptors (Lipinski definition) is 4. The van der Waals surface area contributed by atoms with E-state index in [-0.39, 0.29) is 31.0 Å². The van der Waals surface area contributed by atoms with Crippen molar-refractivity contribution in [3.63, 3.8) is 0 Å². The molecule has 2 rings (SSSR count). The van der Waals surface area contributed by atoms with Crippen LogP contribution in [0.4, 0.5) is 5.69 Å². The summed E-state index contributed by atoms with van der Waals surface area (Å²) in [6.07, 6.45) is 4.14. The molecule has 1 amide bonds. The van der Waals surface area contributed by atoms with Crippen molar-refractivity contribution in [3.8, 4) is 6.07 Å². The summed E-state index contributed by atoms with van der Waals surface area (Å²) in [5, 5.41) is 22.2. The van der Waals surface area contributed by atoms with Crippen LogP contribution in [-0.2, 0) is 4.79 Å². The second-order valence-corrected chi connectivity index (χ2v) is 6.37. The lowest BCUT2D eigenvalue weighted by Crippen LogP contribution is -2.51. The molecule has 6 heteroatoms. The van der Waals surface area contributed by atoms with Gasteiger partial charge in [-0.3, -0.25) is 4.79 Å². The third-order valence-corrected chi connectivity index (χ3v) is 4.58. The molecule has 1 aromatic rings. The number of halogens is 1. The van der Waals surface area contributed by atoms with Crippen LogP contribution < -0.4 is 10.2 Å². The number of nitriles is 1. The topological polar surface area (TPSA) is 76.4 Å². The van der Waals surface area contributed by atoms with Crippen molar-refractivity contribution in [1.29, 1.82) is 5.26 Å². The Balaban J connectivity index is 2.06. The summed E-state index contributed by atoms with van der Waals surface area (Å²) in [4.78, 5) is 14.2. The van der Waals surface area contributed by atoms with Gasteiger partial charge in [-0.15, -0.1) is 0 Å². The molecule has 0 aliphatic heterocycles.